The molecule has 0 unspecified atom stereocenters. The number of hydrogen-bond donors (Lipinski definition) is 0. The largest absolute Gasteiger partial charge is 0.293 e. The molecule has 0 aliphatic carbocycles. The van der Waals surface area contributed by atoms with Gasteiger partial charge in [-0.2, -0.15) is 0 Å². The third-order valence-corrected chi connectivity index (χ3v) is 1.08. The Bertz CT molecular complexity index is 152. The van der Waals surface area contributed by atoms with Gasteiger partial charge in [0.2, 0.25) is 0 Å². The molecule has 0 aliphatic heterocycles. The predicted octanol–water partition coefficient (Wildman–Crippen LogP) is 2.85. The third-order valence-electron chi connectivity index (χ3n) is 1.08. The number of nitrogens with zero attached hydrogens (tertiary/aromatic N) is 1. The van der Waals surface area contributed by atoms with Crippen molar-refractivity contribution >= 4 is 6.21 Å². The Hall–Kier alpha value is -0.850. The molecule has 0 N–H and O–H groups in total. The maximum atomic E-state index is 4.20. The molecule has 0 aromatic carbocycles. The first kappa shape index (κ1) is 10.2. The number of allylic oxidation sites excluding steroid dienone is 4. The summed E-state index contributed by atoms with van der Waals surface area (Å²) in [5.74, 6) is 0.654. The van der Waals surface area contributed by atoms with Crippen LogP contribution >= 0.6 is 0 Å². The van der Waals surface area contributed by atoms with Gasteiger partial charge in [-0.25, -0.2) is 0 Å². The molecule has 0 amide bonds. The average Bonchev–Trinajstić information content (AvgIpc) is 1.96. The monoisotopic (exact) mass is 151 g/mol. The molecule has 0 aliphatic rings. The first-order valence-electron chi connectivity index (χ1n) is 4.05. The zero-order chi connectivity index (χ0) is 8.53. The van der Waals surface area contributed by atoms with Crippen LogP contribution in [-0.2, 0) is 0 Å². The van der Waals surface area contributed by atoms with Crippen molar-refractivity contribution in [3.05, 3.63) is 24.3 Å². The molecule has 11 heavy (non-hydrogen) atoms. The quantitative estimate of drug-likeness (QED) is 0.433. The van der Waals surface area contributed by atoms with Crippen LogP contribution < -0.4 is 0 Å². The zero-order valence-corrected chi connectivity index (χ0v) is 7.62. The molecule has 0 saturated carbocycles. The molecule has 0 rings (SSSR count). The lowest BCUT2D eigenvalue weighted by Crippen LogP contribution is -1.90. The van der Waals surface area contributed by atoms with Gasteiger partial charge in [0, 0.05) is 12.8 Å². The maximum Gasteiger partial charge on any atom is 0.0412 e. The first-order valence-corrected chi connectivity index (χ1v) is 4.05. The van der Waals surface area contributed by atoms with Crippen molar-refractivity contribution in [3.8, 4) is 0 Å². The molecule has 0 radical (unpaired) electrons. The number of aliphatic imine (C=N–C) groups is 1. The van der Waals surface area contributed by atoms with Gasteiger partial charge in [-0.15, -0.1) is 0 Å². The Balaban J connectivity index is 3.44. The van der Waals surface area contributed by atoms with Crippen LogP contribution in [0.15, 0.2) is 29.3 Å². The summed E-state index contributed by atoms with van der Waals surface area (Å²) in [7, 11) is 0. The molecule has 0 saturated heterocycles. The minimum Gasteiger partial charge on any atom is -0.293 e. The molecule has 0 spiro atoms. The highest BCUT2D eigenvalue weighted by atomic mass is 14.7. The van der Waals surface area contributed by atoms with Gasteiger partial charge in [0.15, 0.2) is 0 Å². The summed E-state index contributed by atoms with van der Waals surface area (Å²) in [6.45, 7) is 7.23. The van der Waals surface area contributed by atoms with E-state index in [1.54, 1.807) is 0 Å². The Kier molecular flexibility index (Phi) is 6.70. The summed E-state index contributed by atoms with van der Waals surface area (Å²) in [5, 5.41) is 0. The van der Waals surface area contributed by atoms with Gasteiger partial charge in [0.1, 0.15) is 0 Å². The fraction of sp³-hybridized carbons (Fsp3) is 0.500. The highest BCUT2D eigenvalue weighted by Crippen LogP contribution is 1.89. The van der Waals surface area contributed by atoms with E-state index in [0.717, 1.165) is 6.54 Å². The Morgan fingerprint density at radius 1 is 1.18 bits per heavy atom. The van der Waals surface area contributed by atoms with Crippen LogP contribution in [0.4, 0.5) is 0 Å². The van der Waals surface area contributed by atoms with E-state index in [2.05, 4.69) is 18.8 Å². The second-order valence-electron chi connectivity index (χ2n) is 2.82. The molecular formula is C10H17N. The van der Waals surface area contributed by atoms with E-state index in [-0.39, 0.29) is 0 Å². The van der Waals surface area contributed by atoms with Crippen LogP contribution in [0, 0.1) is 5.92 Å². The van der Waals surface area contributed by atoms with Crippen molar-refractivity contribution in [1.29, 1.82) is 0 Å². The van der Waals surface area contributed by atoms with Crippen LogP contribution in [0.25, 0.3) is 0 Å². The van der Waals surface area contributed by atoms with Crippen molar-refractivity contribution in [2.24, 2.45) is 10.9 Å². The molecular weight excluding hydrogens is 134 g/mol. The van der Waals surface area contributed by atoms with E-state index in [1.807, 2.05) is 37.4 Å². The topological polar surface area (TPSA) is 12.4 Å². The average molecular weight is 151 g/mol. The van der Waals surface area contributed by atoms with Crippen LogP contribution in [0.5, 0.6) is 0 Å². The van der Waals surface area contributed by atoms with Crippen molar-refractivity contribution in [2.45, 2.75) is 20.8 Å². The SMILES string of the molecule is C/C=C/C=C\C=NCC(C)C. The van der Waals surface area contributed by atoms with Gasteiger partial charge in [0.25, 0.3) is 0 Å². The van der Waals surface area contributed by atoms with Crippen molar-refractivity contribution in [2.75, 3.05) is 6.54 Å². The first-order chi connectivity index (χ1) is 5.27. The summed E-state index contributed by atoms with van der Waals surface area (Å²) >= 11 is 0. The summed E-state index contributed by atoms with van der Waals surface area (Å²) in [5.41, 5.74) is 0. The lowest BCUT2D eigenvalue weighted by Gasteiger charge is -1.94. The lowest BCUT2D eigenvalue weighted by atomic mass is 10.2. The molecule has 1 heteroatoms. The van der Waals surface area contributed by atoms with E-state index >= 15 is 0 Å². The second-order valence-corrected chi connectivity index (χ2v) is 2.82. The van der Waals surface area contributed by atoms with Gasteiger partial charge in [-0.05, 0) is 18.9 Å². The molecule has 62 valence electrons. The fourth-order valence-electron chi connectivity index (χ4n) is 0.557. The minimum atomic E-state index is 0.654. The minimum absolute atomic E-state index is 0.654. The van der Waals surface area contributed by atoms with Gasteiger partial charge in [-0.1, -0.05) is 32.1 Å². The second kappa shape index (κ2) is 7.26. The van der Waals surface area contributed by atoms with Crippen molar-refractivity contribution < 1.29 is 0 Å². The van der Waals surface area contributed by atoms with Crippen molar-refractivity contribution in [3.63, 3.8) is 0 Å². The van der Waals surface area contributed by atoms with Crippen LogP contribution in [0.3, 0.4) is 0 Å². The summed E-state index contributed by atoms with van der Waals surface area (Å²) in [4.78, 5) is 4.20. The van der Waals surface area contributed by atoms with Crippen molar-refractivity contribution in [1.82, 2.24) is 0 Å². The summed E-state index contributed by atoms with van der Waals surface area (Å²) in [6.07, 6.45) is 9.75. The number of rotatable bonds is 4. The molecule has 0 bridgehead atoms. The Labute approximate surface area is 69.5 Å². The van der Waals surface area contributed by atoms with Gasteiger partial charge in [-0.3, -0.25) is 4.99 Å². The van der Waals surface area contributed by atoms with Crippen LogP contribution in [-0.4, -0.2) is 12.8 Å². The van der Waals surface area contributed by atoms with Crippen LogP contribution in [0.2, 0.25) is 0 Å². The van der Waals surface area contributed by atoms with Gasteiger partial charge >= 0.3 is 0 Å². The zero-order valence-electron chi connectivity index (χ0n) is 7.62. The predicted molar refractivity (Wildman–Crippen MR) is 52.2 cm³/mol. The Morgan fingerprint density at radius 2 is 1.91 bits per heavy atom. The van der Waals surface area contributed by atoms with E-state index in [0.29, 0.717) is 5.92 Å². The van der Waals surface area contributed by atoms with Gasteiger partial charge < -0.3 is 0 Å². The van der Waals surface area contributed by atoms with Gasteiger partial charge in [0.05, 0.1) is 0 Å². The molecule has 0 aromatic heterocycles. The number of hydrogen-bond acceptors (Lipinski definition) is 1. The Morgan fingerprint density at radius 3 is 2.45 bits per heavy atom. The normalized spacial score (nSPS) is 13.1. The summed E-state index contributed by atoms with van der Waals surface area (Å²) in [6, 6.07) is 0. The van der Waals surface area contributed by atoms with Crippen LogP contribution in [0.1, 0.15) is 20.8 Å². The standard InChI is InChI=1S/C10H17N/c1-4-5-6-7-8-11-9-10(2)3/h4-8,10H,9H2,1-3H3/b5-4+,7-6-,11-8?. The smallest absolute Gasteiger partial charge is 0.0412 e. The van der Waals surface area contributed by atoms with E-state index < -0.39 is 0 Å². The summed E-state index contributed by atoms with van der Waals surface area (Å²) < 4.78 is 0. The maximum absolute atomic E-state index is 4.20. The van der Waals surface area contributed by atoms with E-state index in [4.69, 9.17) is 0 Å². The molecule has 0 aromatic rings. The van der Waals surface area contributed by atoms with E-state index in [9.17, 15) is 0 Å². The third kappa shape index (κ3) is 9.15. The molecule has 0 atom stereocenters. The molecule has 0 fully saturated rings. The molecule has 0 heterocycles. The highest BCUT2D eigenvalue weighted by Gasteiger charge is 1.85. The fourth-order valence-corrected chi connectivity index (χ4v) is 0.557. The lowest BCUT2D eigenvalue weighted by molar-refractivity contribution is 0.667. The molecule has 1 nitrogen and oxygen atoms in total. The highest BCUT2D eigenvalue weighted by molar-refractivity contribution is 5.71. The van der Waals surface area contributed by atoms with E-state index in [1.165, 1.54) is 0 Å².